The fraction of sp³-hybridized carbons (Fsp3) is 0.250. The van der Waals surface area contributed by atoms with Gasteiger partial charge in [0.15, 0.2) is 5.78 Å². The van der Waals surface area contributed by atoms with Gasteiger partial charge in [-0.15, -0.1) is 0 Å². The van der Waals surface area contributed by atoms with Gasteiger partial charge < -0.3 is 14.5 Å². The van der Waals surface area contributed by atoms with Crippen molar-refractivity contribution >= 4 is 27.8 Å². The Morgan fingerprint density at radius 3 is 2.39 bits per heavy atom. The maximum Gasteiger partial charge on any atom is 0.186 e. The van der Waals surface area contributed by atoms with E-state index in [1.54, 1.807) is 6.08 Å². The lowest BCUT2D eigenvalue weighted by Gasteiger charge is -2.15. The fourth-order valence-electron chi connectivity index (χ4n) is 3.51. The molecule has 3 rings (SSSR count). The van der Waals surface area contributed by atoms with E-state index in [0.717, 1.165) is 44.6 Å². The van der Waals surface area contributed by atoms with Gasteiger partial charge in [-0.1, -0.05) is 64.5 Å². The third-order valence-corrected chi connectivity index (χ3v) is 5.87. The van der Waals surface area contributed by atoms with Gasteiger partial charge in [0.2, 0.25) is 0 Å². The Hall–Kier alpha value is -2.73. The van der Waals surface area contributed by atoms with Crippen LogP contribution in [0.2, 0.25) is 0 Å². The smallest absolute Gasteiger partial charge is 0.186 e. The number of nitrogens with zero attached hydrogens (tertiary/aromatic N) is 2. The van der Waals surface area contributed by atoms with Gasteiger partial charge in [-0.2, -0.15) is 0 Å². The van der Waals surface area contributed by atoms with Crippen molar-refractivity contribution in [1.29, 1.82) is 0 Å². The number of hydrogen-bond donors (Lipinski definition) is 0. The van der Waals surface area contributed by atoms with E-state index in [0.29, 0.717) is 13.2 Å². The lowest BCUT2D eigenvalue weighted by Crippen LogP contribution is -2.19. The summed E-state index contributed by atoms with van der Waals surface area (Å²) in [6.45, 7) is 2.10. The average Bonchev–Trinajstić information content (AvgIpc) is 2.78. The van der Waals surface area contributed by atoms with Gasteiger partial charge in [-0.05, 0) is 75.2 Å². The molecule has 0 fully saturated rings. The molecular weight excluding hydrogens is 476 g/mol. The Morgan fingerprint density at radius 2 is 1.67 bits per heavy atom. The van der Waals surface area contributed by atoms with Crippen LogP contribution >= 0.6 is 15.9 Å². The molecule has 4 nitrogen and oxygen atoms in total. The number of likely N-dealkylation sites (N-methyl/N-ethyl adjacent to an activating group) is 1. The summed E-state index contributed by atoms with van der Waals surface area (Å²) in [5.74, 6) is 0.747. The van der Waals surface area contributed by atoms with Gasteiger partial charge in [-0.3, -0.25) is 4.79 Å². The van der Waals surface area contributed by atoms with E-state index in [1.807, 2.05) is 82.8 Å². The molecule has 3 aromatic rings. The van der Waals surface area contributed by atoms with Crippen LogP contribution < -0.4 is 4.74 Å². The van der Waals surface area contributed by atoms with Crippen LogP contribution in [-0.2, 0) is 6.54 Å². The molecule has 5 heteroatoms. The first-order valence-electron chi connectivity index (χ1n) is 11.0. The summed E-state index contributed by atoms with van der Waals surface area (Å²) in [5.41, 5.74) is 4.76. The van der Waals surface area contributed by atoms with E-state index in [-0.39, 0.29) is 5.78 Å². The van der Waals surface area contributed by atoms with E-state index in [1.165, 1.54) is 0 Å². The molecule has 0 heterocycles. The predicted octanol–water partition coefficient (Wildman–Crippen LogP) is 6.01. The minimum Gasteiger partial charge on any atom is -0.492 e. The number of benzene rings is 3. The van der Waals surface area contributed by atoms with Crippen molar-refractivity contribution in [2.24, 2.45) is 0 Å². The molecule has 0 aliphatic heterocycles. The lowest BCUT2D eigenvalue weighted by molar-refractivity contribution is 0.104. The van der Waals surface area contributed by atoms with Crippen LogP contribution in [0, 0.1) is 0 Å². The van der Waals surface area contributed by atoms with Gasteiger partial charge >= 0.3 is 0 Å². The lowest BCUT2D eigenvalue weighted by atomic mass is 10.00. The first kappa shape index (κ1) is 24.9. The Morgan fingerprint density at radius 1 is 0.939 bits per heavy atom. The van der Waals surface area contributed by atoms with Crippen molar-refractivity contribution in [1.82, 2.24) is 9.80 Å². The van der Waals surface area contributed by atoms with Gasteiger partial charge in [0.25, 0.3) is 0 Å². The standard InChI is InChI=1S/C28H31BrN2O2/c1-30(2)17-18-33-28-16-14-21(24-10-7-8-12-26(24)29)19-22(28)13-15-27(32)25-11-6-5-9-23(25)20-31(3)4/h5-16,19H,17-18,20H2,1-4H3. The largest absolute Gasteiger partial charge is 0.492 e. The Kier molecular flexibility index (Phi) is 9.01. The number of rotatable bonds is 10. The third kappa shape index (κ3) is 7.13. The molecule has 0 bridgehead atoms. The van der Waals surface area contributed by atoms with Gasteiger partial charge in [0.1, 0.15) is 12.4 Å². The zero-order valence-electron chi connectivity index (χ0n) is 19.7. The first-order valence-corrected chi connectivity index (χ1v) is 11.8. The minimum absolute atomic E-state index is 0.0158. The van der Waals surface area contributed by atoms with E-state index < -0.39 is 0 Å². The summed E-state index contributed by atoms with van der Waals surface area (Å²) >= 11 is 3.64. The van der Waals surface area contributed by atoms with Crippen LogP contribution in [0.25, 0.3) is 17.2 Å². The van der Waals surface area contributed by atoms with Gasteiger partial charge in [0, 0.05) is 28.7 Å². The van der Waals surface area contributed by atoms with Crippen LogP contribution in [0.15, 0.2) is 77.3 Å². The second-order valence-electron chi connectivity index (χ2n) is 8.48. The molecule has 33 heavy (non-hydrogen) atoms. The summed E-state index contributed by atoms with van der Waals surface area (Å²) in [6.07, 6.45) is 3.51. The predicted molar refractivity (Wildman–Crippen MR) is 141 cm³/mol. The molecule has 0 spiro atoms. The van der Waals surface area contributed by atoms with Crippen LogP contribution in [0.1, 0.15) is 21.5 Å². The number of carbonyl (C=O) groups is 1. The monoisotopic (exact) mass is 506 g/mol. The maximum atomic E-state index is 13.1. The molecule has 3 aromatic carbocycles. The normalized spacial score (nSPS) is 11.5. The van der Waals surface area contributed by atoms with Crippen molar-refractivity contribution in [3.63, 3.8) is 0 Å². The SMILES string of the molecule is CN(C)CCOc1ccc(-c2ccccc2Br)cc1C=CC(=O)c1ccccc1CN(C)C. The van der Waals surface area contributed by atoms with Crippen LogP contribution in [0.5, 0.6) is 5.75 Å². The van der Waals surface area contributed by atoms with Crippen molar-refractivity contribution in [3.8, 4) is 16.9 Å². The molecule has 0 saturated carbocycles. The summed E-state index contributed by atoms with van der Waals surface area (Å²) in [4.78, 5) is 17.2. The molecule has 0 atom stereocenters. The van der Waals surface area contributed by atoms with Crippen molar-refractivity contribution < 1.29 is 9.53 Å². The summed E-state index contributed by atoms with van der Waals surface area (Å²) in [5, 5.41) is 0. The second kappa shape index (κ2) is 11.9. The fourth-order valence-corrected chi connectivity index (χ4v) is 4.02. The van der Waals surface area contributed by atoms with E-state index in [4.69, 9.17) is 4.74 Å². The number of halogens is 1. The molecule has 0 unspecified atom stereocenters. The van der Waals surface area contributed by atoms with Crippen LogP contribution in [-0.4, -0.2) is 56.9 Å². The highest BCUT2D eigenvalue weighted by molar-refractivity contribution is 9.10. The zero-order chi connectivity index (χ0) is 23.8. The molecule has 0 saturated heterocycles. The highest BCUT2D eigenvalue weighted by Gasteiger charge is 2.11. The number of hydrogen-bond acceptors (Lipinski definition) is 4. The molecule has 172 valence electrons. The third-order valence-electron chi connectivity index (χ3n) is 5.17. The van der Waals surface area contributed by atoms with Crippen molar-refractivity contribution in [2.45, 2.75) is 6.54 Å². The number of ketones is 1. The zero-order valence-corrected chi connectivity index (χ0v) is 21.3. The highest BCUT2D eigenvalue weighted by Crippen LogP contribution is 2.32. The Balaban J connectivity index is 1.93. The summed E-state index contributed by atoms with van der Waals surface area (Å²) in [6, 6.07) is 22.0. The van der Waals surface area contributed by atoms with E-state index in [9.17, 15) is 4.79 Å². The van der Waals surface area contributed by atoms with E-state index >= 15 is 0 Å². The second-order valence-corrected chi connectivity index (χ2v) is 9.33. The highest BCUT2D eigenvalue weighted by atomic mass is 79.9. The topological polar surface area (TPSA) is 32.8 Å². The summed E-state index contributed by atoms with van der Waals surface area (Å²) in [7, 11) is 8.04. The molecule has 0 amide bonds. The molecular formula is C28H31BrN2O2. The van der Waals surface area contributed by atoms with E-state index in [2.05, 4.69) is 43.9 Å². The van der Waals surface area contributed by atoms with Crippen LogP contribution in [0.4, 0.5) is 0 Å². The molecule has 0 radical (unpaired) electrons. The molecule has 0 aliphatic rings. The Labute approximate surface area is 205 Å². The molecule has 0 aliphatic carbocycles. The number of ether oxygens (including phenoxy) is 1. The molecule has 0 aromatic heterocycles. The van der Waals surface area contributed by atoms with Crippen molar-refractivity contribution in [3.05, 3.63) is 94.0 Å². The first-order chi connectivity index (χ1) is 15.8. The van der Waals surface area contributed by atoms with Crippen molar-refractivity contribution in [2.75, 3.05) is 41.3 Å². The van der Waals surface area contributed by atoms with Gasteiger partial charge in [-0.25, -0.2) is 0 Å². The van der Waals surface area contributed by atoms with Crippen LogP contribution in [0.3, 0.4) is 0 Å². The number of allylic oxidation sites excluding steroid dienone is 1. The Bertz CT molecular complexity index is 1120. The van der Waals surface area contributed by atoms with Gasteiger partial charge in [0.05, 0.1) is 0 Å². The summed E-state index contributed by atoms with van der Waals surface area (Å²) < 4.78 is 7.08. The quantitative estimate of drug-likeness (QED) is 0.249. The number of carbonyl (C=O) groups excluding carboxylic acids is 1. The average molecular weight is 507 g/mol. The molecule has 0 N–H and O–H groups in total. The maximum absolute atomic E-state index is 13.1. The minimum atomic E-state index is -0.0158.